The van der Waals surface area contributed by atoms with E-state index in [2.05, 4.69) is 5.32 Å². The fourth-order valence-corrected chi connectivity index (χ4v) is 3.57. The average Bonchev–Trinajstić information content (AvgIpc) is 2.80. The van der Waals surface area contributed by atoms with E-state index in [4.69, 9.17) is 9.47 Å². The lowest BCUT2D eigenvalue weighted by Gasteiger charge is -2.36. The van der Waals surface area contributed by atoms with E-state index in [1.165, 1.54) is 12.1 Å². The molecule has 1 amide bonds. The molecule has 3 aromatic carbocycles. The van der Waals surface area contributed by atoms with E-state index in [1.54, 1.807) is 31.4 Å². The van der Waals surface area contributed by atoms with Crippen molar-refractivity contribution in [2.45, 2.75) is 12.8 Å². The quantitative estimate of drug-likeness (QED) is 0.478. The number of hydrogen-bond donors (Lipinski definition) is 1. The first kappa shape index (κ1) is 20.2. The lowest BCUT2D eigenvalue weighted by molar-refractivity contribution is -0.384. The summed E-state index contributed by atoms with van der Waals surface area (Å²) < 4.78 is 11.4. The van der Waals surface area contributed by atoms with E-state index in [1.807, 2.05) is 42.3 Å². The molecule has 0 saturated carbocycles. The van der Waals surface area contributed by atoms with Gasteiger partial charge < -0.3 is 19.7 Å². The van der Waals surface area contributed by atoms with E-state index in [0.29, 0.717) is 17.1 Å². The van der Waals surface area contributed by atoms with Crippen LogP contribution < -0.4 is 19.7 Å². The monoisotopic (exact) mass is 419 g/mol. The fraction of sp³-hybridized carbons (Fsp3) is 0.174. The van der Waals surface area contributed by atoms with Crippen molar-refractivity contribution in [1.29, 1.82) is 0 Å². The summed E-state index contributed by atoms with van der Waals surface area (Å²) in [6.45, 7) is 0.216. The minimum Gasteiger partial charge on any atom is -0.493 e. The highest BCUT2D eigenvalue weighted by atomic mass is 16.6. The first-order valence-corrected chi connectivity index (χ1v) is 9.64. The van der Waals surface area contributed by atoms with Crippen LogP contribution in [0.15, 0.2) is 66.7 Å². The second kappa shape index (κ2) is 8.35. The molecule has 0 bridgehead atoms. The van der Waals surface area contributed by atoms with E-state index in [0.717, 1.165) is 16.8 Å². The van der Waals surface area contributed by atoms with Crippen molar-refractivity contribution in [2.24, 2.45) is 0 Å². The summed E-state index contributed by atoms with van der Waals surface area (Å²) in [4.78, 5) is 24.9. The largest absolute Gasteiger partial charge is 0.493 e. The van der Waals surface area contributed by atoms with Gasteiger partial charge in [0.2, 0.25) is 0 Å². The third-order valence-corrected chi connectivity index (χ3v) is 5.23. The number of rotatable bonds is 6. The molecule has 0 fully saturated rings. The summed E-state index contributed by atoms with van der Waals surface area (Å²) in [7, 11) is 3.48. The molecule has 1 N–H and O–H groups in total. The molecule has 8 heteroatoms. The number of nitrogens with one attached hydrogen (secondary N) is 1. The van der Waals surface area contributed by atoms with E-state index in [9.17, 15) is 14.9 Å². The summed E-state index contributed by atoms with van der Waals surface area (Å²) in [5.74, 6) is 0.929. The van der Waals surface area contributed by atoms with Crippen molar-refractivity contribution in [3.8, 4) is 11.5 Å². The van der Waals surface area contributed by atoms with Gasteiger partial charge in [-0.05, 0) is 47.5 Å². The summed E-state index contributed by atoms with van der Waals surface area (Å²) in [6.07, 6.45) is -0.366. The molecule has 3 aromatic rings. The third-order valence-electron chi connectivity index (χ3n) is 5.23. The topological polar surface area (TPSA) is 93.9 Å². The predicted molar refractivity (Wildman–Crippen MR) is 115 cm³/mol. The van der Waals surface area contributed by atoms with Crippen LogP contribution in [0.4, 0.5) is 11.4 Å². The van der Waals surface area contributed by atoms with Crippen molar-refractivity contribution in [1.82, 2.24) is 5.32 Å². The van der Waals surface area contributed by atoms with Crippen LogP contribution in [0.25, 0.3) is 0 Å². The van der Waals surface area contributed by atoms with Crippen LogP contribution >= 0.6 is 0 Å². The van der Waals surface area contributed by atoms with Crippen LogP contribution in [-0.4, -0.2) is 25.0 Å². The molecular formula is C23H21N3O5. The van der Waals surface area contributed by atoms with Crippen LogP contribution in [0.1, 0.15) is 27.7 Å². The number of nitrogens with zero attached hydrogens (tertiary/aromatic N) is 2. The molecule has 31 heavy (non-hydrogen) atoms. The van der Waals surface area contributed by atoms with Gasteiger partial charge in [-0.1, -0.05) is 18.2 Å². The predicted octanol–water partition coefficient (Wildman–Crippen LogP) is 4.06. The number of carbonyl (C=O) groups excluding carboxylic acids is 1. The molecule has 0 unspecified atom stereocenters. The maximum atomic E-state index is 12.6. The third kappa shape index (κ3) is 4.00. The van der Waals surface area contributed by atoms with Gasteiger partial charge in [0, 0.05) is 19.2 Å². The highest BCUT2D eigenvalue weighted by Gasteiger charge is 2.29. The van der Waals surface area contributed by atoms with Crippen molar-refractivity contribution in [2.75, 3.05) is 19.1 Å². The molecule has 158 valence electrons. The highest BCUT2D eigenvalue weighted by Crippen LogP contribution is 2.36. The van der Waals surface area contributed by atoms with Gasteiger partial charge in [0.1, 0.15) is 12.8 Å². The van der Waals surface area contributed by atoms with E-state index in [-0.39, 0.29) is 24.4 Å². The zero-order valence-electron chi connectivity index (χ0n) is 17.1. The molecule has 0 radical (unpaired) electrons. The standard InChI is InChI=1S/C23H21N3O5/c1-25-19-6-4-3-5-18(19)23(27)24-22(25)16-9-12-20(30-2)21(13-16)31-14-15-7-10-17(11-8-15)26(28)29/h3-13,22H,14H2,1-2H3,(H,24,27)/t22-/m0/s1. The molecule has 8 nitrogen and oxygen atoms in total. The Morgan fingerprint density at radius 1 is 1.06 bits per heavy atom. The normalized spacial score (nSPS) is 15.1. The summed E-state index contributed by atoms with van der Waals surface area (Å²) in [5.41, 5.74) is 3.13. The highest BCUT2D eigenvalue weighted by molar-refractivity contribution is 6.02. The minimum absolute atomic E-state index is 0.0275. The van der Waals surface area contributed by atoms with Gasteiger partial charge >= 0.3 is 0 Å². The fourth-order valence-electron chi connectivity index (χ4n) is 3.57. The number of fused-ring (bicyclic) bond motifs is 1. The molecule has 1 aliphatic heterocycles. The van der Waals surface area contributed by atoms with E-state index >= 15 is 0 Å². The molecule has 1 aliphatic rings. The SMILES string of the molecule is COc1ccc([C@H]2NC(=O)c3ccccc3N2C)cc1OCc1ccc([N+](=O)[O-])cc1. The number of anilines is 1. The molecule has 4 rings (SSSR count). The number of carbonyl (C=O) groups is 1. The van der Waals surface area contributed by atoms with Crippen molar-refractivity contribution in [3.63, 3.8) is 0 Å². The van der Waals surface area contributed by atoms with Gasteiger partial charge in [-0.15, -0.1) is 0 Å². The van der Waals surface area contributed by atoms with Crippen LogP contribution in [0.3, 0.4) is 0 Å². The molecule has 0 aromatic heterocycles. The van der Waals surface area contributed by atoms with Crippen LogP contribution in [0, 0.1) is 10.1 Å². The zero-order chi connectivity index (χ0) is 22.0. The molecule has 1 heterocycles. The summed E-state index contributed by atoms with van der Waals surface area (Å²) >= 11 is 0. The Kier molecular flexibility index (Phi) is 5.44. The van der Waals surface area contributed by atoms with Crippen LogP contribution in [-0.2, 0) is 6.61 Å². The van der Waals surface area contributed by atoms with Crippen molar-refractivity contribution in [3.05, 3.63) is 93.5 Å². The number of para-hydroxylation sites is 1. The Labute approximate surface area is 179 Å². The zero-order valence-corrected chi connectivity index (χ0v) is 17.1. The van der Waals surface area contributed by atoms with Gasteiger partial charge in [-0.3, -0.25) is 14.9 Å². The number of methoxy groups -OCH3 is 1. The second-order valence-corrected chi connectivity index (χ2v) is 7.13. The number of benzene rings is 3. The number of nitro benzene ring substituents is 1. The van der Waals surface area contributed by atoms with Gasteiger partial charge in [-0.25, -0.2) is 0 Å². The smallest absolute Gasteiger partial charge is 0.269 e. The number of ether oxygens (including phenoxy) is 2. The summed E-state index contributed by atoms with van der Waals surface area (Å²) in [6, 6.07) is 19.1. The van der Waals surface area contributed by atoms with Gasteiger partial charge in [0.05, 0.1) is 23.3 Å². The molecule has 1 atom stereocenters. The molecular weight excluding hydrogens is 398 g/mol. The summed E-state index contributed by atoms with van der Waals surface area (Å²) in [5, 5.41) is 13.8. The van der Waals surface area contributed by atoms with E-state index < -0.39 is 4.92 Å². The first-order chi connectivity index (χ1) is 15.0. The average molecular weight is 419 g/mol. The Bertz CT molecular complexity index is 1130. The molecule has 0 saturated heterocycles. The molecule has 0 spiro atoms. The number of non-ortho nitro benzene ring substituents is 1. The van der Waals surface area contributed by atoms with Crippen LogP contribution in [0.5, 0.6) is 11.5 Å². The van der Waals surface area contributed by atoms with Crippen molar-refractivity contribution < 1.29 is 19.2 Å². The Morgan fingerprint density at radius 2 is 1.81 bits per heavy atom. The number of amides is 1. The minimum atomic E-state index is -0.440. The second-order valence-electron chi connectivity index (χ2n) is 7.13. The van der Waals surface area contributed by atoms with Crippen LogP contribution in [0.2, 0.25) is 0 Å². The number of nitro groups is 1. The maximum Gasteiger partial charge on any atom is 0.269 e. The van der Waals surface area contributed by atoms with Crippen molar-refractivity contribution >= 4 is 17.3 Å². The molecule has 0 aliphatic carbocycles. The van der Waals surface area contributed by atoms with Gasteiger partial charge in [0.15, 0.2) is 11.5 Å². The maximum absolute atomic E-state index is 12.6. The van der Waals surface area contributed by atoms with Gasteiger partial charge in [-0.2, -0.15) is 0 Å². The first-order valence-electron chi connectivity index (χ1n) is 9.64. The lowest BCUT2D eigenvalue weighted by Crippen LogP contribution is -2.44. The lowest BCUT2D eigenvalue weighted by atomic mass is 10.0. The Balaban J connectivity index is 1.58. The van der Waals surface area contributed by atoms with Gasteiger partial charge in [0.25, 0.3) is 11.6 Å². The number of hydrogen-bond acceptors (Lipinski definition) is 6. The Hall–Kier alpha value is -4.07. The Morgan fingerprint density at radius 3 is 2.52 bits per heavy atom.